The van der Waals surface area contributed by atoms with E-state index < -0.39 is 10.0 Å². The van der Waals surface area contributed by atoms with Gasteiger partial charge in [0.25, 0.3) is 0 Å². The molecule has 0 bridgehead atoms. The number of hydrogen-bond donors (Lipinski definition) is 2. The first kappa shape index (κ1) is 19.2. The maximum atomic E-state index is 12.1. The van der Waals surface area contributed by atoms with Crippen molar-refractivity contribution in [3.63, 3.8) is 0 Å². The molecule has 3 aromatic rings. The molecular weight excluding hydrogens is 388 g/mol. The predicted octanol–water partition coefficient (Wildman–Crippen LogP) is 2.26. The van der Waals surface area contributed by atoms with E-state index in [0.717, 1.165) is 11.1 Å². The van der Waals surface area contributed by atoms with Gasteiger partial charge in [-0.25, -0.2) is 13.6 Å². The molecule has 1 unspecified atom stereocenters. The van der Waals surface area contributed by atoms with E-state index in [9.17, 15) is 13.2 Å². The van der Waals surface area contributed by atoms with Crippen LogP contribution in [0, 0.1) is 0 Å². The molecule has 2 aromatic heterocycles. The topological polar surface area (TPSA) is 128 Å². The molecule has 0 saturated carbocycles. The zero-order valence-corrected chi connectivity index (χ0v) is 16.1. The molecule has 0 saturated heterocycles. The van der Waals surface area contributed by atoms with Gasteiger partial charge in [-0.1, -0.05) is 17.3 Å². The highest BCUT2D eigenvalue weighted by atomic mass is 32.2. The van der Waals surface area contributed by atoms with Crippen LogP contribution in [0.3, 0.4) is 0 Å². The summed E-state index contributed by atoms with van der Waals surface area (Å²) in [5.74, 6) is 0.736. The van der Waals surface area contributed by atoms with Crippen molar-refractivity contribution in [2.24, 2.45) is 5.14 Å². The molecule has 0 spiro atoms. The first-order chi connectivity index (χ1) is 12.8. The minimum Gasteiger partial charge on any atom is -0.350 e. The summed E-state index contributed by atoms with van der Waals surface area (Å²) in [4.78, 5) is 16.5. The van der Waals surface area contributed by atoms with Gasteiger partial charge in [0.05, 0.1) is 10.9 Å². The first-order valence-corrected chi connectivity index (χ1v) is 10.6. The van der Waals surface area contributed by atoms with Crippen molar-refractivity contribution in [3.05, 3.63) is 52.5 Å². The van der Waals surface area contributed by atoms with E-state index in [-0.39, 0.29) is 23.3 Å². The summed E-state index contributed by atoms with van der Waals surface area (Å²) >= 11 is 1.54. The van der Waals surface area contributed by atoms with E-state index in [0.29, 0.717) is 18.1 Å². The van der Waals surface area contributed by atoms with Crippen LogP contribution in [0.15, 0.2) is 50.5 Å². The van der Waals surface area contributed by atoms with Crippen LogP contribution in [0.1, 0.15) is 30.8 Å². The Hall–Kier alpha value is -2.56. The van der Waals surface area contributed by atoms with Crippen LogP contribution in [0.25, 0.3) is 11.4 Å². The Morgan fingerprint density at radius 3 is 2.67 bits per heavy atom. The van der Waals surface area contributed by atoms with Gasteiger partial charge in [0.2, 0.25) is 27.6 Å². The van der Waals surface area contributed by atoms with Crippen molar-refractivity contribution in [1.82, 2.24) is 15.5 Å². The van der Waals surface area contributed by atoms with Crippen molar-refractivity contribution in [1.29, 1.82) is 0 Å². The molecule has 3 N–H and O–H groups in total. The molecule has 142 valence electrons. The van der Waals surface area contributed by atoms with E-state index in [4.69, 9.17) is 9.66 Å². The quantitative estimate of drug-likeness (QED) is 0.619. The fourth-order valence-corrected chi connectivity index (χ4v) is 3.58. The van der Waals surface area contributed by atoms with Gasteiger partial charge in [-0.3, -0.25) is 4.79 Å². The smallest absolute Gasteiger partial charge is 0.238 e. The highest BCUT2D eigenvalue weighted by Crippen LogP contribution is 2.19. The van der Waals surface area contributed by atoms with Gasteiger partial charge >= 0.3 is 0 Å². The summed E-state index contributed by atoms with van der Waals surface area (Å²) in [7, 11) is -3.73. The van der Waals surface area contributed by atoms with Gasteiger partial charge in [-0.2, -0.15) is 16.3 Å². The zero-order chi connectivity index (χ0) is 19.4. The van der Waals surface area contributed by atoms with Gasteiger partial charge in [-0.05, 0) is 36.1 Å². The molecule has 8 nitrogen and oxygen atoms in total. The van der Waals surface area contributed by atoms with Crippen molar-refractivity contribution >= 4 is 27.3 Å². The number of sulfonamides is 1. The molecule has 0 aliphatic heterocycles. The number of rotatable bonds is 7. The number of benzene rings is 1. The number of amides is 1. The number of thiophene rings is 1. The number of aromatic nitrogens is 2. The molecular formula is C17H18N4O4S2. The fourth-order valence-electron chi connectivity index (χ4n) is 2.43. The van der Waals surface area contributed by atoms with Crippen molar-refractivity contribution < 1.29 is 17.7 Å². The highest BCUT2D eigenvalue weighted by molar-refractivity contribution is 7.89. The number of carbonyl (C=O) groups excluding carboxylic acids is 1. The average Bonchev–Trinajstić information content (AvgIpc) is 3.30. The summed E-state index contributed by atoms with van der Waals surface area (Å²) in [6, 6.07) is 7.69. The number of hydrogen-bond acceptors (Lipinski definition) is 7. The lowest BCUT2D eigenvalue weighted by atomic mass is 10.1. The van der Waals surface area contributed by atoms with E-state index in [1.807, 2.05) is 23.8 Å². The summed E-state index contributed by atoms with van der Waals surface area (Å²) in [6.07, 6.45) is 0.533. The molecule has 3 rings (SSSR count). The molecule has 0 aliphatic rings. The molecule has 27 heavy (non-hydrogen) atoms. The molecule has 1 amide bonds. The van der Waals surface area contributed by atoms with E-state index in [2.05, 4.69) is 15.5 Å². The predicted molar refractivity (Wildman–Crippen MR) is 100 cm³/mol. The van der Waals surface area contributed by atoms with Gasteiger partial charge in [0.1, 0.15) is 0 Å². The number of carbonyl (C=O) groups is 1. The zero-order valence-electron chi connectivity index (χ0n) is 14.5. The lowest BCUT2D eigenvalue weighted by Gasteiger charge is -2.14. The Kier molecular flexibility index (Phi) is 5.68. The Bertz CT molecular complexity index is 1010. The summed E-state index contributed by atoms with van der Waals surface area (Å²) < 4.78 is 27.7. The Morgan fingerprint density at radius 2 is 2.04 bits per heavy atom. The van der Waals surface area contributed by atoms with Crippen molar-refractivity contribution in [2.75, 3.05) is 0 Å². The molecule has 0 aliphatic carbocycles. The second-order valence-corrected chi connectivity index (χ2v) is 8.27. The van der Waals surface area contributed by atoms with Crippen LogP contribution in [0.5, 0.6) is 0 Å². The van der Waals surface area contributed by atoms with E-state index in [1.54, 1.807) is 23.5 Å². The SMILES string of the molecule is CC(NC(=O)CCc1nc(-c2ccsc2)no1)c1ccc(S(N)(=O)=O)cc1. The molecule has 0 fully saturated rings. The third kappa shape index (κ3) is 5.00. The number of nitrogens with one attached hydrogen (secondary N) is 1. The lowest BCUT2D eigenvalue weighted by molar-refractivity contribution is -0.121. The number of nitrogens with zero attached hydrogens (tertiary/aromatic N) is 2. The summed E-state index contributed by atoms with van der Waals surface area (Å²) in [5, 5.41) is 15.7. The first-order valence-electron chi connectivity index (χ1n) is 8.10. The largest absolute Gasteiger partial charge is 0.350 e. The minimum absolute atomic E-state index is 0.0302. The van der Waals surface area contributed by atoms with Gasteiger partial charge in [0.15, 0.2) is 0 Å². The monoisotopic (exact) mass is 406 g/mol. The average molecular weight is 406 g/mol. The maximum absolute atomic E-state index is 12.1. The molecule has 10 heteroatoms. The molecule has 1 aromatic carbocycles. The van der Waals surface area contributed by atoms with Gasteiger partial charge < -0.3 is 9.84 Å². The Labute approximate surface area is 160 Å². The number of aryl methyl sites for hydroxylation is 1. The van der Waals surface area contributed by atoms with Crippen LogP contribution >= 0.6 is 11.3 Å². The second-order valence-electron chi connectivity index (χ2n) is 5.93. The minimum atomic E-state index is -3.73. The number of primary sulfonamides is 1. The Balaban J connectivity index is 1.53. The van der Waals surface area contributed by atoms with Gasteiger partial charge in [-0.15, -0.1) is 0 Å². The normalized spacial score (nSPS) is 12.7. The van der Waals surface area contributed by atoms with Crippen LogP contribution in [-0.2, 0) is 21.2 Å². The molecule has 0 radical (unpaired) electrons. The van der Waals surface area contributed by atoms with Crippen LogP contribution in [-0.4, -0.2) is 24.5 Å². The van der Waals surface area contributed by atoms with Gasteiger partial charge in [0, 0.05) is 23.8 Å². The molecule has 1 atom stereocenters. The lowest BCUT2D eigenvalue weighted by Crippen LogP contribution is -2.26. The van der Waals surface area contributed by atoms with Crippen LogP contribution in [0.2, 0.25) is 0 Å². The van der Waals surface area contributed by atoms with E-state index >= 15 is 0 Å². The second kappa shape index (κ2) is 7.99. The fraction of sp³-hybridized carbons (Fsp3) is 0.235. The summed E-state index contributed by atoms with van der Waals surface area (Å²) in [6.45, 7) is 1.81. The van der Waals surface area contributed by atoms with Crippen LogP contribution in [0.4, 0.5) is 0 Å². The Morgan fingerprint density at radius 1 is 1.30 bits per heavy atom. The third-order valence-electron chi connectivity index (χ3n) is 3.90. The summed E-state index contributed by atoms with van der Waals surface area (Å²) in [5.41, 5.74) is 1.66. The number of nitrogens with two attached hydrogens (primary N) is 1. The van der Waals surface area contributed by atoms with Crippen molar-refractivity contribution in [2.45, 2.75) is 30.7 Å². The highest BCUT2D eigenvalue weighted by Gasteiger charge is 2.14. The third-order valence-corrected chi connectivity index (χ3v) is 5.51. The molecule has 2 heterocycles. The van der Waals surface area contributed by atoms with E-state index in [1.165, 1.54) is 12.1 Å². The standard InChI is InChI=1S/C17H18N4O4S2/c1-11(12-2-4-14(5-3-12)27(18,23)24)19-15(22)6-7-16-20-17(21-25-16)13-8-9-26-10-13/h2-5,8-11H,6-7H2,1H3,(H,19,22)(H2,18,23,24). The van der Waals surface area contributed by atoms with Crippen molar-refractivity contribution in [3.8, 4) is 11.4 Å². The maximum Gasteiger partial charge on any atom is 0.238 e. The van der Waals surface area contributed by atoms with Crippen LogP contribution < -0.4 is 10.5 Å².